The number of nitrogens with zero attached hydrogens (tertiary/aromatic N) is 5. The Bertz CT molecular complexity index is 967. The number of carbonyl (C=O) groups excluding carboxylic acids is 1. The number of amides is 1. The van der Waals surface area contributed by atoms with E-state index in [0.29, 0.717) is 18.2 Å². The zero-order chi connectivity index (χ0) is 22.1. The first-order valence-electron chi connectivity index (χ1n) is 12.1. The van der Waals surface area contributed by atoms with Gasteiger partial charge in [-0.1, -0.05) is 24.4 Å². The molecule has 1 saturated carbocycles. The van der Waals surface area contributed by atoms with Crippen molar-refractivity contribution < 1.29 is 9.32 Å². The molecule has 0 unspecified atom stereocenters. The monoisotopic (exact) mass is 438 g/mol. The first-order valence-corrected chi connectivity index (χ1v) is 12.1. The van der Waals surface area contributed by atoms with E-state index in [2.05, 4.69) is 22.4 Å². The van der Waals surface area contributed by atoms with Gasteiger partial charge in [0, 0.05) is 56.7 Å². The minimum atomic E-state index is -0.0595. The number of aromatic nitrogens is 3. The molecule has 3 aliphatic rings. The Hall–Kier alpha value is -2.48. The first kappa shape index (κ1) is 21.4. The number of carbonyl (C=O) groups is 1. The molecule has 2 aromatic heterocycles. The van der Waals surface area contributed by atoms with Crippen LogP contribution in [0, 0.1) is 0 Å². The normalized spacial score (nSPS) is 22.6. The van der Waals surface area contributed by atoms with Crippen LogP contribution in [0.1, 0.15) is 90.1 Å². The Morgan fingerprint density at radius 2 is 1.91 bits per heavy atom. The van der Waals surface area contributed by atoms with Gasteiger partial charge in [-0.3, -0.25) is 4.79 Å². The average Bonchev–Trinajstić information content (AvgIpc) is 3.33. The van der Waals surface area contributed by atoms with Gasteiger partial charge in [0.05, 0.1) is 11.4 Å². The van der Waals surface area contributed by atoms with E-state index in [0.717, 1.165) is 74.8 Å². The van der Waals surface area contributed by atoms with Gasteiger partial charge in [0.2, 0.25) is 5.76 Å². The SMILES string of the molecule is CNc1nc([C@@H]2CCCN(C(=O)c3cc(C4CCCCC4)no3)C2)nc2c1CCN(C)C2. The van der Waals surface area contributed by atoms with Crippen LogP contribution in [-0.4, -0.2) is 64.6 Å². The van der Waals surface area contributed by atoms with Crippen LogP contribution in [0.25, 0.3) is 0 Å². The van der Waals surface area contributed by atoms with Crippen molar-refractivity contribution in [2.24, 2.45) is 0 Å². The summed E-state index contributed by atoms with van der Waals surface area (Å²) in [6.07, 6.45) is 8.95. The van der Waals surface area contributed by atoms with Gasteiger partial charge in [0.15, 0.2) is 0 Å². The molecule has 0 spiro atoms. The van der Waals surface area contributed by atoms with Gasteiger partial charge < -0.3 is 19.6 Å². The summed E-state index contributed by atoms with van der Waals surface area (Å²) in [7, 11) is 4.05. The van der Waals surface area contributed by atoms with E-state index in [1.165, 1.54) is 24.8 Å². The predicted octanol–water partition coefficient (Wildman–Crippen LogP) is 3.56. The van der Waals surface area contributed by atoms with Gasteiger partial charge in [-0.05, 0) is 39.2 Å². The fourth-order valence-corrected chi connectivity index (χ4v) is 5.48. The summed E-state index contributed by atoms with van der Waals surface area (Å²) in [4.78, 5) is 27.2. The molecule has 8 heteroatoms. The average molecular weight is 439 g/mol. The number of piperidine rings is 1. The third-order valence-electron chi connectivity index (χ3n) is 7.35. The van der Waals surface area contributed by atoms with Gasteiger partial charge >= 0.3 is 0 Å². The van der Waals surface area contributed by atoms with Crippen LogP contribution in [0.3, 0.4) is 0 Å². The van der Waals surface area contributed by atoms with Crippen molar-refractivity contribution >= 4 is 11.7 Å². The van der Waals surface area contributed by atoms with Crippen molar-refractivity contribution in [1.29, 1.82) is 0 Å². The van der Waals surface area contributed by atoms with Crippen molar-refractivity contribution in [2.75, 3.05) is 39.0 Å². The second-order valence-corrected chi connectivity index (χ2v) is 9.63. The van der Waals surface area contributed by atoms with E-state index in [4.69, 9.17) is 14.5 Å². The van der Waals surface area contributed by atoms with E-state index in [1.54, 1.807) is 0 Å². The van der Waals surface area contributed by atoms with Crippen LogP contribution in [-0.2, 0) is 13.0 Å². The van der Waals surface area contributed by atoms with Crippen molar-refractivity contribution in [3.63, 3.8) is 0 Å². The number of likely N-dealkylation sites (tertiary alicyclic amines) is 1. The molecule has 172 valence electrons. The third-order valence-corrected chi connectivity index (χ3v) is 7.35. The van der Waals surface area contributed by atoms with Gasteiger partial charge in [0.25, 0.3) is 5.91 Å². The van der Waals surface area contributed by atoms with E-state index in [1.807, 2.05) is 18.0 Å². The highest BCUT2D eigenvalue weighted by Gasteiger charge is 2.31. The molecule has 5 rings (SSSR count). The Kier molecular flexibility index (Phi) is 6.13. The number of hydrogen-bond donors (Lipinski definition) is 1. The topological polar surface area (TPSA) is 87.4 Å². The third kappa shape index (κ3) is 4.25. The Morgan fingerprint density at radius 3 is 2.72 bits per heavy atom. The summed E-state index contributed by atoms with van der Waals surface area (Å²) in [5.41, 5.74) is 3.29. The number of fused-ring (bicyclic) bond motifs is 1. The molecular formula is C24H34N6O2. The van der Waals surface area contributed by atoms with E-state index in [-0.39, 0.29) is 11.8 Å². The molecule has 1 amide bonds. The fourth-order valence-electron chi connectivity index (χ4n) is 5.48. The molecule has 1 aliphatic carbocycles. The molecule has 8 nitrogen and oxygen atoms in total. The highest BCUT2D eigenvalue weighted by atomic mass is 16.5. The second kappa shape index (κ2) is 9.17. The molecule has 0 bridgehead atoms. The second-order valence-electron chi connectivity index (χ2n) is 9.63. The van der Waals surface area contributed by atoms with Crippen LogP contribution >= 0.6 is 0 Å². The highest BCUT2D eigenvalue weighted by Crippen LogP contribution is 2.33. The van der Waals surface area contributed by atoms with Gasteiger partial charge in [-0.2, -0.15) is 0 Å². The van der Waals surface area contributed by atoms with Gasteiger partial charge in [-0.25, -0.2) is 9.97 Å². The zero-order valence-corrected chi connectivity index (χ0v) is 19.3. The molecule has 4 heterocycles. The molecule has 32 heavy (non-hydrogen) atoms. The minimum absolute atomic E-state index is 0.0595. The van der Waals surface area contributed by atoms with Crippen molar-refractivity contribution in [1.82, 2.24) is 24.9 Å². The molecule has 2 aromatic rings. The molecule has 2 aliphatic heterocycles. The van der Waals surface area contributed by atoms with Crippen LogP contribution in [0.15, 0.2) is 10.6 Å². The van der Waals surface area contributed by atoms with Crippen molar-refractivity contribution in [3.8, 4) is 0 Å². The molecular weight excluding hydrogens is 404 g/mol. The van der Waals surface area contributed by atoms with Crippen molar-refractivity contribution in [3.05, 3.63) is 34.6 Å². The Morgan fingerprint density at radius 1 is 1.09 bits per heavy atom. The van der Waals surface area contributed by atoms with Crippen LogP contribution < -0.4 is 5.32 Å². The van der Waals surface area contributed by atoms with E-state index >= 15 is 0 Å². The lowest BCUT2D eigenvalue weighted by molar-refractivity contribution is 0.0662. The quantitative estimate of drug-likeness (QED) is 0.781. The summed E-state index contributed by atoms with van der Waals surface area (Å²) in [6, 6.07) is 1.88. The maximum Gasteiger partial charge on any atom is 0.292 e. The van der Waals surface area contributed by atoms with Gasteiger partial charge in [-0.15, -0.1) is 0 Å². The lowest BCUT2D eigenvalue weighted by Gasteiger charge is -2.32. The summed E-state index contributed by atoms with van der Waals surface area (Å²) >= 11 is 0. The minimum Gasteiger partial charge on any atom is -0.373 e. The first-order chi connectivity index (χ1) is 15.6. The van der Waals surface area contributed by atoms with E-state index < -0.39 is 0 Å². The summed E-state index contributed by atoms with van der Waals surface area (Å²) in [6.45, 7) is 3.23. The molecule has 2 fully saturated rings. The van der Waals surface area contributed by atoms with E-state index in [9.17, 15) is 4.79 Å². The predicted molar refractivity (Wildman–Crippen MR) is 122 cm³/mol. The molecule has 1 atom stereocenters. The molecule has 0 radical (unpaired) electrons. The van der Waals surface area contributed by atoms with Gasteiger partial charge in [0.1, 0.15) is 11.6 Å². The van der Waals surface area contributed by atoms with Crippen LogP contribution in [0.4, 0.5) is 5.82 Å². The van der Waals surface area contributed by atoms with Crippen LogP contribution in [0.5, 0.6) is 0 Å². The maximum absolute atomic E-state index is 13.2. The summed E-state index contributed by atoms with van der Waals surface area (Å²) in [5, 5.41) is 7.52. The Balaban J connectivity index is 1.32. The zero-order valence-electron chi connectivity index (χ0n) is 19.3. The maximum atomic E-state index is 13.2. The smallest absolute Gasteiger partial charge is 0.292 e. The number of anilines is 1. The number of nitrogens with one attached hydrogen (secondary N) is 1. The summed E-state index contributed by atoms with van der Waals surface area (Å²) < 4.78 is 5.51. The Labute approximate surface area is 189 Å². The molecule has 1 saturated heterocycles. The molecule has 1 N–H and O–H groups in total. The summed E-state index contributed by atoms with van der Waals surface area (Å²) in [5.74, 6) is 2.67. The lowest BCUT2D eigenvalue weighted by Crippen LogP contribution is -2.39. The molecule has 0 aromatic carbocycles. The van der Waals surface area contributed by atoms with Crippen LogP contribution in [0.2, 0.25) is 0 Å². The number of hydrogen-bond acceptors (Lipinski definition) is 7. The largest absolute Gasteiger partial charge is 0.373 e. The van der Waals surface area contributed by atoms with Crippen molar-refractivity contribution in [2.45, 2.75) is 69.7 Å². The standard InChI is InChI=1S/C24H34N6O2/c1-25-23-18-10-12-29(2)15-20(18)26-22(27-23)17-9-6-11-30(14-17)24(31)21-13-19(28-32-21)16-7-4-3-5-8-16/h13,16-17H,3-12,14-15H2,1-2H3,(H,25,26,27)/t17-/m1/s1. The fraction of sp³-hybridized carbons (Fsp3) is 0.667. The number of rotatable bonds is 4. The lowest BCUT2D eigenvalue weighted by atomic mass is 9.87. The highest BCUT2D eigenvalue weighted by molar-refractivity contribution is 5.91. The number of likely N-dealkylation sites (N-methyl/N-ethyl adjacent to an activating group) is 1.